The summed E-state index contributed by atoms with van der Waals surface area (Å²) >= 11 is 0. The first-order valence-corrected chi connectivity index (χ1v) is 8.72. The van der Waals surface area contributed by atoms with Crippen molar-refractivity contribution < 1.29 is 9.59 Å². The van der Waals surface area contributed by atoms with Crippen molar-refractivity contribution >= 4 is 11.8 Å². The normalized spacial score (nSPS) is 20.6. The van der Waals surface area contributed by atoms with E-state index in [2.05, 4.69) is 24.1 Å². The Bertz CT molecular complexity index is 650. The highest BCUT2D eigenvalue weighted by Crippen LogP contribution is 2.21. The van der Waals surface area contributed by atoms with E-state index in [1.54, 1.807) is 29.2 Å². The topological polar surface area (TPSA) is 76.4 Å². The Morgan fingerprint density at radius 1 is 1.36 bits per heavy atom. The van der Waals surface area contributed by atoms with Crippen molar-refractivity contribution in [3.05, 3.63) is 35.4 Å². The van der Waals surface area contributed by atoms with E-state index in [1.807, 2.05) is 13.1 Å². The third-order valence-corrected chi connectivity index (χ3v) is 4.96. The molecule has 0 unspecified atom stereocenters. The molecular formula is C19H26N4O2. The van der Waals surface area contributed by atoms with Crippen LogP contribution in [0, 0.1) is 17.2 Å². The number of likely N-dealkylation sites (tertiary alicyclic amines) is 1. The molecule has 1 aliphatic rings. The first-order chi connectivity index (χ1) is 12.0. The molecule has 1 aromatic carbocycles. The lowest BCUT2D eigenvalue weighted by Crippen LogP contribution is -2.52. The van der Waals surface area contributed by atoms with Gasteiger partial charge in [0.15, 0.2) is 0 Å². The molecule has 2 amide bonds. The lowest BCUT2D eigenvalue weighted by atomic mass is 9.92. The van der Waals surface area contributed by atoms with Crippen LogP contribution in [0.3, 0.4) is 0 Å². The smallest absolute Gasteiger partial charge is 0.251 e. The molecule has 25 heavy (non-hydrogen) atoms. The van der Waals surface area contributed by atoms with Crippen molar-refractivity contribution in [2.24, 2.45) is 5.92 Å². The van der Waals surface area contributed by atoms with Crippen LogP contribution in [0.4, 0.5) is 0 Å². The highest BCUT2D eigenvalue weighted by atomic mass is 16.2. The van der Waals surface area contributed by atoms with Gasteiger partial charge >= 0.3 is 0 Å². The van der Waals surface area contributed by atoms with Crippen LogP contribution in [0.2, 0.25) is 0 Å². The van der Waals surface area contributed by atoms with E-state index < -0.39 is 0 Å². The number of rotatable bonds is 5. The maximum Gasteiger partial charge on any atom is 0.251 e. The Hall–Kier alpha value is -2.39. The van der Waals surface area contributed by atoms with Crippen LogP contribution in [-0.2, 0) is 4.79 Å². The number of benzene rings is 1. The van der Waals surface area contributed by atoms with Gasteiger partial charge in [0.05, 0.1) is 18.2 Å². The SMILES string of the molecule is CCN1CC[C@@H](N(C)C(=O)CNC(=O)c2ccc(C#N)cc2)[C@@H](C)C1. The van der Waals surface area contributed by atoms with Crippen molar-refractivity contribution in [1.82, 2.24) is 15.1 Å². The fourth-order valence-electron chi connectivity index (χ4n) is 3.35. The first kappa shape index (κ1) is 18.9. The summed E-state index contributed by atoms with van der Waals surface area (Å²) < 4.78 is 0. The monoisotopic (exact) mass is 342 g/mol. The summed E-state index contributed by atoms with van der Waals surface area (Å²) in [6.45, 7) is 7.34. The number of hydrogen-bond acceptors (Lipinski definition) is 4. The van der Waals surface area contributed by atoms with Gasteiger partial charge in [-0.15, -0.1) is 0 Å². The van der Waals surface area contributed by atoms with Gasteiger partial charge in [0.1, 0.15) is 0 Å². The summed E-state index contributed by atoms with van der Waals surface area (Å²) in [5.74, 6) is 0.0285. The Labute approximate surface area is 149 Å². The molecule has 0 aliphatic carbocycles. The number of nitrogens with one attached hydrogen (secondary N) is 1. The van der Waals surface area contributed by atoms with E-state index in [9.17, 15) is 9.59 Å². The molecule has 2 atom stereocenters. The lowest BCUT2D eigenvalue weighted by molar-refractivity contribution is -0.132. The molecule has 6 nitrogen and oxygen atoms in total. The molecule has 1 N–H and O–H groups in total. The summed E-state index contributed by atoms with van der Waals surface area (Å²) in [6.07, 6.45) is 0.959. The van der Waals surface area contributed by atoms with Crippen molar-refractivity contribution in [3.63, 3.8) is 0 Å². The third-order valence-electron chi connectivity index (χ3n) is 4.96. The Morgan fingerprint density at radius 2 is 2.04 bits per heavy atom. The molecule has 1 aromatic rings. The zero-order valence-electron chi connectivity index (χ0n) is 15.2. The highest BCUT2D eigenvalue weighted by Gasteiger charge is 2.30. The standard InChI is InChI=1S/C19H26N4O2/c1-4-23-10-9-17(14(2)13-23)22(3)18(24)12-21-19(25)16-7-5-15(11-20)6-8-16/h5-8,14,17H,4,9-10,12-13H2,1-3H3,(H,21,25)/t14-,17+/m0/s1. The zero-order valence-corrected chi connectivity index (χ0v) is 15.2. The Kier molecular flexibility index (Phi) is 6.54. The molecule has 0 spiro atoms. The van der Waals surface area contributed by atoms with Crippen LogP contribution in [0.25, 0.3) is 0 Å². The second-order valence-corrected chi connectivity index (χ2v) is 6.60. The molecular weight excluding hydrogens is 316 g/mol. The van der Waals surface area contributed by atoms with Crippen molar-refractivity contribution in [1.29, 1.82) is 5.26 Å². The molecule has 6 heteroatoms. The summed E-state index contributed by atoms with van der Waals surface area (Å²) in [5.41, 5.74) is 0.943. The maximum absolute atomic E-state index is 12.4. The average Bonchev–Trinajstić information content (AvgIpc) is 2.65. The van der Waals surface area contributed by atoms with Crippen LogP contribution in [0.5, 0.6) is 0 Å². The van der Waals surface area contributed by atoms with Gasteiger partial charge in [0.2, 0.25) is 5.91 Å². The molecule has 1 aliphatic heterocycles. The van der Waals surface area contributed by atoms with E-state index >= 15 is 0 Å². The number of likely N-dealkylation sites (N-methyl/N-ethyl adjacent to an activating group) is 1. The van der Waals surface area contributed by atoms with Crippen molar-refractivity contribution in [3.8, 4) is 6.07 Å². The number of piperidine rings is 1. The van der Waals surface area contributed by atoms with E-state index in [0.717, 1.165) is 26.1 Å². The lowest BCUT2D eigenvalue weighted by Gasteiger charge is -2.41. The van der Waals surface area contributed by atoms with Gasteiger partial charge < -0.3 is 15.1 Å². The summed E-state index contributed by atoms with van der Waals surface area (Å²) in [5, 5.41) is 11.4. The quantitative estimate of drug-likeness (QED) is 0.879. The molecule has 1 fully saturated rings. The van der Waals surface area contributed by atoms with E-state index in [4.69, 9.17) is 5.26 Å². The van der Waals surface area contributed by atoms with Gasteiger partial charge in [-0.3, -0.25) is 9.59 Å². The number of nitriles is 1. The number of carbonyl (C=O) groups is 2. The second-order valence-electron chi connectivity index (χ2n) is 6.60. The van der Waals surface area contributed by atoms with Gasteiger partial charge in [-0.05, 0) is 43.1 Å². The largest absolute Gasteiger partial charge is 0.343 e. The van der Waals surface area contributed by atoms with Gasteiger partial charge in [0.25, 0.3) is 5.91 Å². The van der Waals surface area contributed by atoms with Crippen LogP contribution in [-0.4, -0.2) is 60.9 Å². The summed E-state index contributed by atoms with van der Waals surface area (Å²) in [6, 6.07) is 8.57. The predicted octanol–water partition coefficient (Wildman–Crippen LogP) is 1.48. The second kappa shape index (κ2) is 8.63. The van der Waals surface area contributed by atoms with Gasteiger partial charge in [-0.25, -0.2) is 0 Å². The van der Waals surface area contributed by atoms with E-state index in [1.165, 1.54) is 0 Å². The van der Waals surface area contributed by atoms with Gasteiger partial charge in [-0.2, -0.15) is 5.26 Å². The first-order valence-electron chi connectivity index (χ1n) is 8.72. The molecule has 0 bridgehead atoms. The molecule has 1 heterocycles. The fraction of sp³-hybridized carbons (Fsp3) is 0.526. The van der Waals surface area contributed by atoms with Crippen LogP contribution in [0.1, 0.15) is 36.2 Å². The van der Waals surface area contributed by atoms with Gasteiger partial charge in [0, 0.05) is 31.7 Å². The maximum atomic E-state index is 12.4. The number of hydrogen-bond donors (Lipinski definition) is 1. The average molecular weight is 342 g/mol. The van der Waals surface area contributed by atoms with E-state index in [0.29, 0.717) is 17.0 Å². The third kappa shape index (κ3) is 4.80. The molecule has 0 aromatic heterocycles. The number of carbonyl (C=O) groups excluding carboxylic acids is 2. The minimum atomic E-state index is -0.305. The summed E-state index contributed by atoms with van der Waals surface area (Å²) in [4.78, 5) is 28.7. The molecule has 2 rings (SSSR count). The van der Waals surface area contributed by atoms with Crippen LogP contribution >= 0.6 is 0 Å². The van der Waals surface area contributed by atoms with Crippen LogP contribution < -0.4 is 5.32 Å². The Morgan fingerprint density at radius 3 is 2.60 bits per heavy atom. The molecule has 0 radical (unpaired) electrons. The highest BCUT2D eigenvalue weighted by molar-refractivity contribution is 5.96. The number of nitrogens with zero attached hydrogens (tertiary/aromatic N) is 3. The molecule has 0 saturated carbocycles. The molecule has 134 valence electrons. The predicted molar refractivity (Wildman–Crippen MR) is 95.9 cm³/mol. The van der Waals surface area contributed by atoms with Crippen molar-refractivity contribution in [2.45, 2.75) is 26.3 Å². The zero-order chi connectivity index (χ0) is 18.4. The minimum Gasteiger partial charge on any atom is -0.343 e. The van der Waals surface area contributed by atoms with E-state index in [-0.39, 0.29) is 24.4 Å². The summed E-state index contributed by atoms with van der Waals surface area (Å²) in [7, 11) is 1.82. The minimum absolute atomic E-state index is 0.0178. The van der Waals surface area contributed by atoms with Crippen molar-refractivity contribution in [2.75, 3.05) is 33.2 Å². The van der Waals surface area contributed by atoms with Gasteiger partial charge in [-0.1, -0.05) is 13.8 Å². The van der Waals surface area contributed by atoms with Crippen LogP contribution in [0.15, 0.2) is 24.3 Å². The Balaban J connectivity index is 1.86. The fourth-order valence-corrected chi connectivity index (χ4v) is 3.35. The molecule has 1 saturated heterocycles. The number of amides is 2.